The van der Waals surface area contributed by atoms with Crippen LogP contribution in [0.15, 0.2) is 18.2 Å². The highest BCUT2D eigenvalue weighted by Gasteiger charge is 2.37. The van der Waals surface area contributed by atoms with Crippen molar-refractivity contribution in [3.05, 3.63) is 38.9 Å². The first-order chi connectivity index (χ1) is 9.49. The molecule has 0 aromatic heterocycles. The number of nitro groups is 1. The number of nitrogens with one attached hydrogen (secondary N) is 1. The number of amides is 1. The molecule has 1 aromatic rings. The summed E-state index contributed by atoms with van der Waals surface area (Å²) in [5.41, 5.74) is -0.733. The van der Waals surface area contributed by atoms with Crippen LogP contribution in [0.4, 0.5) is 5.69 Å². The number of methoxy groups -OCH3 is 1. The maximum atomic E-state index is 12.1. The maximum absolute atomic E-state index is 12.1. The number of carbonyl (C=O) groups excluding carboxylic acids is 1. The smallest absolute Gasteiger partial charge is 0.300 e. The fraction of sp³-hybridized carbons (Fsp3) is 0.462. The highest BCUT2D eigenvalue weighted by molar-refractivity contribution is 6.33. The highest BCUT2D eigenvalue weighted by Crippen LogP contribution is 2.34. The summed E-state index contributed by atoms with van der Waals surface area (Å²) in [5.74, 6) is -0.512. The normalized spacial score (nSPS) is 16.3. The molecule has 108 valence electrons. The molecular formula is C13H15ClN2O4. The van der Waals surface area contributed by atoms with Crippen LogP contribution in [-0.4, -0.2) is 30.1 Å². The number of carbonyl (C=O) groups is 1. The molecule has 1 aliphatic carbocycles. The van der Waals surface area contributed by atoms with Crippen LogP contribution >= 0.6 is 11.6 Å². The first-order valence-electron chi connectivity index (χ1n) is 6.25. The third kappa shape index (κ3) is 2.76. The van der Waals surface area contributed by atoms with Crippen LogP contribution in [0.5, 0.6) is 0 Å². The summed E-state index contributed by atoms with van der Waals surface area (Å²) in [4.78, 5) is 22.4. The van der Waals surface area contributed by atoms with E-state index in [1.165, 1.54) is 18.2 Å². The van der Waals surface area contributed by atoms with Crippen molar-refractivity contribution in [1.29, 1.82) is 0 Å². The van der Waals surface area contributed by atoms with Gasteiger partial charge in [0.25, 0.3) is 5.91 Å². The van der Waals surface area contributed by atoms with Crippen molar-refractivity contribution in [2.75, 3.05) is 13.7 Å². The average molecular weight is 299 g/mol. The average Bonchev–Trinajstić information content (AvgIpc) is 2.37. The molecular weight excluding hydrogens is 284 g/mol. The number of nitrogens with zero attached hydrogens (tertiary/aromatic N) is 1. The van der Waals surface area contributed by atoms with E-state index in [2.05, 4.69) is 5.32 Å². The lowest BCUT2D eigenvalue weighted by atomic mass is 9.80. The Morgan fingerprint density at radius 2 is 2.25 bits per heavy atom. The molecule has 0 aliphatic heterocycles. The largest absolute Gasteiger partial charge is 0.376 e. The van der Waals surface area contributed by atoms with Crippen molar-refractivity contribution in [1.82, 2.24) is 5.32 Å². The molecule has 7 heteroatoms. The van der Waals surface area contributed by atoms with Crippen molar-refractivity contribution in [3.8, 4) is 0 Å². The van der Waals surface area contributed by atoms with Gasteiger partial charge in [0.15, 0.2) is 0 Å². The lowest BCUT2D eigenvalue weighted by Crippen LogP contribution is -2.49. The predicted octanol–water partition coefficient (Wildman–Crippen LogP) is 2.55. The van der Waals surface area contributed by atoms with Gasteiger partial charge < -0.3 is 10.1 Å². The quantitative estimate of drug-likeness (QED) is 0.669. The van der Waals surface area contributed by atoms with Gasteiger partial charge in [-0.15, -0.1) is 0 Å². The Labute approximate surface area is 121 Å². The van der Waals surface area contributed by atoms with E-state index in [0.717, 1.165) is 19.3 Å². The second kappa shape index (κ2) is 5.76. The fourth-order valence-electron chi connectivity index (χ4n) is 2.24. The van der Waals surface area contributed by atoms with Gasteiger partial charge in [0.2, 0.25) is 0 Å². The minimum atomic E-state index is -0.646. The molecule has 1 N–H and O–H groups in total. The van der Waals surface area contributed by atoms with Crippen molar-refractivity contribution in [3.63, 3.8) is 0 Å². The van der Waals surface area contributed by atoms with E-state index in [-0.39, 0.29) is 21.9 Å². The number of halogens is 1. The number of hydrogen-bond donors (Lipinski definition) is 1. The number of nitro benzene ring substituents is 1. The molecule has 0 atom stereocenters. The summed E-state index contributed by atoms with van der Waals surface area (Å²) < 4.78 is 5.39. The summed E-state index contributed by atoms with van der Waals surface area (Å²) in [5, 5.41) is 13.6. The van der Waals surface area contributed by atoms with Gasteiger partial charge in [-0.25, -0.2) is 0 Å². The monoisotopic (exact) mass is 298 g/mol. The van der Waals surface area contributed by atoms with Gasteiger partial charge in [-0.3, -0.25) is 14.9 Å². The minimum Gasteiger partial charge on any atom is -0.376 e. The molecule has 2 rings (SSSR count). The van der Waals surface area contributed by atoms with E-state index in [9.17, 15) is 14.9 Å². The van der Waals surface area contributed by atoms with Gasteiger partial charge in [-0.2, -0.15) is 0 Å². The Morgan fingerprint density at radius 3 is 2.75 bits per heavy atom. The number of rotatable bonds is 5. The van der Waals surface area contributed by atoms with Crippen molar-refractivity contribution in [2.24, 2.45) is 0 Å². The van der Waals surface area contributed by atoms with Crippen LogP contribution in [0.2, 0.25) is 5.02 Å². The third-order valence-corrected chi connectivity index (χ3v) is 3.99. The number of ether oxygens (including phenoxy) is 1. The summed E-state index contributed by atoms with van der Waals surface area (Å²) in [6, 6.07) is 4.29. The molecule has 0 spiro atoms. The first-order valence-corrected chi connectivity index (χ1v) is 6.63. The summed E-state index contributed by atoms with van der Waals surface area (Å²) >= 11 is 5.78. The zero-order chi connectivity index (χ0) is 14.8. The third-order valence-electron chi connectivity index (χ3n) is 3.68. The van der Waals surface area contributed by atoms with Gasteiger partial charge in [-0.1, -0.05) is 17.7 Å². The van der Waals surface area contributed by atoms with E-state index in [1.807, 2.05) is 0 Å². The SMILES string of the molecule is COC1(CNC(=O)c2cccc(Cl)c2[N+](=O)[O-])CCC1. The molecule has 20 heavy (non-hydrogen) atoms. The Morgan fingerprint density at radius 1 is 1.55 bits per heavy atom. The van der Waals surface area contributed by atoms with E-state index >= 15 is 0 Å². The van der Waals surface area contributed by atoms with Gasteiger partial charge >= 0.3 is 5.69 Å². The Balaban J connectivity index is 2.13. The van der Waals surface area contributed by atoms with E-state index in [0.29, 0.717) is 6.54 Å². The van der Waals surface area contributed by atoms with Crippen molar-refractivity contribution < 1.29 is 14.5 Å². The number of hydrogen-bond acceptors (Lipinski definition) is 4. The Bertz CT molecular complexity index is 538. The van der Waals surface area contributed by atoms with Gasteiger partial charge in [0, 0.05) is 13.7 Å². The standard InChI is InChI=1S/C13H15ClN2O4/c1-20-13(6-3-7-13)8-15-12(17)9-4-2-5-10(14)11(9)16(18)19/h2,4-5H,3,6-8H2,1H3,(H,15,17). The van der Waals surface area contributed by atoms with Crippen LogP contribution in [-0.2, 0) is 4.74 Å². The summed E-state index contributed by atoms with van der Waals surface area (Å²) in [7, 11) is 1.60. The Hall–Kier alpha value is -1.66. The van der Waals surface area contributed by atoms with Crippen molar-refractivity contribution >= 4 is 23.2 Å². The fourth-order valence-corrected chi connectivity index (χ4v) is 2.49. The second-order valence-electron chi connectivity index (χ2n) is 4.82. The molecule has 0 bridgehead atoms. The van der Waals surface area contributed by atoms with Crippen LogP contribution in [0.1, 0.15) is 29.6 Å². The molecule has 0 unspecified atom stereocenters. The van der Waals surface area contributed by atoms with E-state index in [1.54, 1.807) is 7.11 Å². The van der Waals surface area contributed by atoms with Crippen LogP contribution in [0, 0.1) is 10.1 Å². The van der Waals surface area contributed by atoms with Crippen LogP contribution in [0.25, 0.3) is 0 Å². The zero-order valence-corrected chi connectivity index (χ0v) is 11.8. The van der Waals surface area contributed by atoms with E-state index in [4.69, 9.17) is 16.3 Å². The lowest BCUT2D eigenvalue weighted by molar-refractivity contribution is -0.385. The molecule has 1 aromatic carbocycles. The molecule has 0 radical (unpaired) electrons. The summed E-state index contributed by atoms with van der Waals surface area (Å²) in [6.07, 6.45) is 2.81. The Kier molecular flexibility index (Phi) is 4.25. The molecule has 0 saturated heterocycles. The molecule has 1 saturated carbocycles. The predicted molar refractivity (Wildman–Crippen MR) is 74.0 cm³/mol. The summed E-state index contributed by atoms with van der Waals surface area (Å²) in [6.45, 7) is 0.339. The molecule has 1 amide bonds. The minimum absolute atomic E-state index is 0.0342. The lowest BCUT2D eigenvalue weighted by Gasteiger charge is -2.40. The second-order valence-corrected chi connectivity index (χ2v) is 5.22. The van der Waals surface area contributed by atoms with Gasteiger partial charge in [0.05, 0.1) is 10.5 Å². The first kappa shape index (κ1) is 14.7. The molecule has 6 nitrogen and oxygen atoms in total. The van der Waals surface area contributed by atoms with Gasteiger partial charge in [-0.05, 0) is 31.4 Å². The van der Waals surface area contributed by atoms with Crippen LogP contribution < -0.4 is 5.32 Å². The molecule has 1 fully saturated rings. The topological polar surface area (TPSA) is 81.5 Å². The van der Waals surface area contributed by atoms with Gasteiger partial charge in [0.1, 0.15) is 10.6 Å². The number of benzene rings is 1. The number of para-hydroxylation sites is 1. The molecule has 1 aliphatic rings. The molecule has 0 heterocycles. The van der Waals surface area contributed by atoms with Crippen LogP contribution in [0.3, 0.4) is 0 Å². The van der Waals surface area contributed by atoms with Crippen molar-refractivity contribution in [2.45, 2.75) is 24.9 Å². The maximum Gasteiger partial charge on any atom is 0.300 e. The highest BCUT2D eigenvalue weighted by atomic mass is 35.5. The zero-order valence-electron chi connectivity index (χ0n) is 11.0. The van der Waals surface area contributed by atoms with E-state index < -0.39 is 10.8 Å².